The van der Waals surface area contributed by atoms with E-state index in [1.54, 1.807) is 12.3 Å². The Kier molecular flexibility index (Phi) is 6.42. The van der Waals surface area contributed by atoms with Crippen LogP contribution in [0.5, 0.6) is 0 Å². The van der Waals surface area contributed by atoms with Crippen molar-refractivity contribution in [2.75, 3.05) is 13.1 Å². The molecule has 3 aromatic rings. The minimum absolute atomic E-state index is 0.154. The van der Waals surface area contributed by atoms with Gasteiger partial charge < -0.3 is 10.4 Å². The van der Waals surface area contributed by atoms with Crippen LogP contribution in [0.25, 0.3) is 5.69 Å². The van der Waals surface area contributed by atoms with Gasteiger partial charge in [0.15, 0.2) is 5.69 Å². The molecule has 0 radical (unpaired) electrons. The van der Waals surface area contributed by atoms with Crippen LogP contribution in [-0.4, -0.2) is 50.1 Å². The van der Waals surface area contributed by atoms with E-state index < -0.39 is 0 Å². The molecule has 30 heavy (non-hydrogen) atoms. The SMILES string of the molecule is O=C(NCc1ccc(CN2CCC(O)CC2)cc1)c1cn(-c2ccccc2Cl)nn1. The number of halogens is 1. The molecule has 8 heteroatoms. The molecule has 0 atom stereocenters. The summed E-state index contributed by atoms with van der Waals surface area (Å²) in [4.78, 5) is 14.8. The van der Waals surface area contributed by atoms with Crippen molar-refractivity contribution < 1.29 is 9.90 Å². The molecule has 1 fully saturated rings. The third-order valence-electron chi connectivity index (χ3n) is 5.26. The van der Waals surface area contributed by atoms with Crippen LogP contribution in [0.15, 0.2) is 54.7 Å². The van der Waals surface area contributed by atoms with Gasteiger partial charge in [0.25, 0.3) is 5.91 Å². The summed E-state index contributed by atoms with van der Waals surface area (Å²) in [6.07, 6.45) is 3.09. The summed E-state index contributed by atoms with van der Waals surface area (Å²) in [5.74, 6) is -0.288. The molecule has 0 bridgehead atoms. The highest BCUT2D eigenvalue weighted by molar-refractivity contribution is 6.32. The van der Waals surface area contributed by atoms with Crippen LogP contribution < -0.4 is 5.32 Å². The van der Waals surface area contributed by atoms with Gasteiger partial charge in [-0.1, -0.05) is 53.2 Å². The lowest BCUT2D eigenvalue weighted by molar-refractivity contribution is 0.0792. The molecule has 0 unspecified atom stereocenters. The molecule has 0 aliphatic carbocycles. The average Bonchev–Trinajstić information content (AvgIpc) is 3.25. The van der Waals surface area contributed by atoms with Gasteiger partial charge >= 0.3 is 0 Å². The van der Waals surface area contributed by atoms with Gasteiger partial charge in [-0.25, -0.2) is 4.68 Å². The van der Waals surface area contributed by atoms with E-state index in [4.69, 9.17) is 11.6 Å². The zero-order chi connectivity index (χ0) is 20.9. The number of hydrogen-bond donors (Lipinski definition) is 2. The summed E-state index contributed by atoms with van der Waals surface area (Å²) in [6, 6.07) is 15.5. The molecule has 1 aliphatic heterocycles. The van der Waals surface area contributed by atoms with Crippen LogP contribution in [0.1, 0.15) is 34.5 Å². The van der Waals surface area contributed by atoms with Crippen molar-refractivity contribution in [1.82, 2.24) is 25.2 Å². The second-order valence-corrected chi connectivity index (χ2v) is 7.91. The summed E-state index contributed by atoms with van der Waals surface area (Å²) in [7, 11) is 0. The molecular formula is C22H24ClN5O2. The Bertz CT molecular complexity index is 997. The normalized spacial score (nSPS) is 15.3. The fraction of sp³-hybridized carbons (Fsp3) is 0.318. The zero-order valence-corrected chi connectivity index (χ0v) is 17.3. The Labute approximate surface area is 180 Å². The predicted molar refractivity (Wildman–Crippen MR) is 114 cm³/mol. The molecular weight excluding hydrogens is 402 g/mol. The maximum atomic E-state index is 12.4. The third-order valence-corrected chi connectivity index (χ3v) is 5.58. The Balaban J connectivity index is 1.30. The molecule has 0 spiro atoms. The van der Waals surface area contributed by atoms with E-state index in [2.05, 4.69) is 32.7 Å². The minimum atomic E-state index is -0.288. The van der Waals surface area contributed by atoms with Crippen LogP contribution in [0.2, 0.25) is 5.02 Å². The fourth-order valence-electron chi connectivity index (χ4n) is 3.49. The maximum absolute atomic E-state index is 12.4. The molecule has 0 saturated carbocycles. The number of nitrogens with one attached hydrogen (secondary N) is 1. The van der Waals surface area contributed by atoms with Crippen molar-refractivity contribution in [1.29, 1.82) is 0 Å². The van der Waals surface area contributed by atoms with Crippen LogP contribution in [0.4, 0.5) is 0 Å². The molecule has 2 heterocycles. The van der Waals surface area contributed by atoms with E-state index in [9.17, 15) is 9.90 Å². The number of amides is 1. The molecule has 1 aromatic heterocycles. The van der Waals surface area contributed by atoms with Crippen molar-refractivity contribution in [2.45, 2.75) is 32.0 Å². The van der Waals surface area contributed by atoms with E-state index in [0.717, 1.165) is 38.0 Å². The molecule has 156 valence electrons. The van der Waals surface area contributed by atoms with Crippen molar-refractivity contribution in [3.8, 4) is 5.69 Å². The van der Waals surface area contributed by atoms with Crippen molar-refractivity contribution in [3.63, 3.8) is 0 Å². The molecule has 7 nitrogen and oxygen atoms in total. The summed E-state index contributed by atoms with van der Waals surface area (Å²) in [5, 5.41) is 21.0. The number of aliphatic hydroxyl groups is 1. The highest BCUT2D eigenvalue weighted by Crippen LogP contribution is 2.19. The number of para-hydroxylation sites is 1. The van der Waals surface area contributed by atoms with Gasteiger partial charge in [0.2, 0.25) is 0 Å². The second kappa shape index (κ2) is 9.38. The molecule has 1 aliphatic rings. The quantitative estimate of drug-likeness (QED) is 0.634. The van der Waals surface area contributed by atoms with E-state index in [1.165, 1.54) is 10.2 Å². The van der Waals surface area contributed by atoms with Crippen molar-refractivity contribution in [2.24, 2.45) is 0 Å². The van der Waals surface area contributed by atoms with E-state index >= 15 is 0 Å². The Morgan fingerprint density at radius 1 is 1.10 bits per heavy atom. The predicted octanol–water partition coefficient (Wildman–Crippen LogP) is 2.81. The van der Waals surface area contributed by atoms with Gasteiger partial charge in [0, 0.05) is 26.2 Å². The third kappa shape index (κ3) is 5.05. The number of aliphatic hydroxyl groups excluding tert-OH is 1. The highest BCUT2D eigenvalue weighted by Gasteiger charge is 2.17. The molecule has 1 saturated heterocycles. The lowest BCUT2D eigenvalue weighted by atomic mass is 10.1. The largest absolute Gasteiger partial charge is 0.393 e. The van der Waals surface area contributed by atoms with Crippen LogP contribution in [0.3, 0.4) is 0 Å². The number of piperidine rings is 1. The number of benzene rings is 2. The molecule has 2 aromatic carbocycles. The Hall–Kier alpha value is -2.74. The lowest BCUT2D eigenvalue weighted by Gasteiger charge is -2.29. The van der Waals surface area contributed by atoms with Crippen LogP contribution >= 0.6 is 11.6 Å². The summed E-state index contributed by atoms with van der Waals surface area (Å²) >= 11 is 6.17. The number of nitrogens with zero attached hydrogens (tertiary/aromatic N) is 4. The van der Waals surface area contributed by atoms with E-state index in [-0.39, 0.29) is 17.7 Å². The summed E-state index contributed by atoms with van der Waals surface area (Å²) in [5.41, 5.74) is 3.15. The number of likely N-dealkylation sites (tertiary alicyclic amines) is 1. The maximum Gasteiger partial charge on any atom is 0.273 e. The minimum Gasteiger partial charge on any atom is -0.393 e. The zero-order valence-electron chi connectivity index (χ0n) is 16.5. The number of rotatable bonds is 6. The standard InChI is InChI=1S/C22H24ClN5O2/c23-19-3-1-2-4-21(19)28-15-20(25-26-28)22(30)24-13-16-5-7-17(8-6-16)14-27-11-9-18(29)10-12-27/h1-8,15,18,29H,9-14H2,(H,24,30). The first-order valence-corrected chi connectivity index (χ1v) is 10.4. The Morgan fingerprint density at radius 2 is 1.80 bits per heavy atom. The van der Waals surface area contributed by atoms with Crippen LogP contribution in [-0.2, 0) is 13.1 Å². The number of aromatic nitrogens is 3. The Morgan fingerprint density at radius 3 is 2.53 bits per heavy atom. The number of carbonyl (C=O) groups is 1. The van der Waals surface area contributed by atoms with E-state index in [1.807, 2.05) is 30.3 Å². The van der Waals surface area contributed by atoms with Gasteiger partial charge in [0.05, 0.1) is 23.0 Å². The summed E-state index contributed by atoms with van der Waals surface area (Å²) in [6.45, 7) is 3.14. The number of carbonyl (C=O) groups excluding carboxylic acids is 1. The van der Waals surface area contributed by atoms with Gasteiger partial charge in [-0.3, -0.25) is 9.69 Å². The molecule has 2 N–H and O–H groups in total. The topological polar surface area (TPSA) is 83.3 Å². The van der Waals surface area contributed by atoms with Crippen molar-refractivity contribution >= 4 is 17.5 Å². The van der Waals surface area contributed by atoms with Crippen molar-refractivity contribution in [3.05, 3.63) is 76.6 Å². The smallest absolute Gasteiger partial charge is 0.273 e. The van der Waals surface area contributed by atoms with Gasteiger partial charge in [-0.15, -0.1) is 5.10 Å². The first-order chi connectivity index (χ1) is 14.6. The van der Waals surface area contributed by atoms with Gasteiger partial charge in [-0.2, -0.15) is 0 Å². The molecule has 4 rings (SSSR count). The average molecular weight is 426 g/mol. The summed E-state index contributed by atoms with van der Waals surface area (Å²) < 4.78 is 1.49. The van der Waals surface area contributed by atoms with E-state index in [0.29, 0.717) is 17.3 Å². The molecule has 1 amide bonds. The fourth-order valence-corrected chi connectivity index (χ4v) is 3.72. The van der Waals surface area contributed by atoms with Crippen LogP contribution in [0, 0.1) is 0 Å². The first kappa shape index (κ1) is 20.5. The highest BCUT2D eigenvalue weighted by atomic mass is 35.5. The van der Waals surface area contributed by atoms with Gasteiger partial charge in [-0.05, 0) is 36.1 Å². The first-order valence-electron chi connectivity index (χ1n) is 10.0. The lowest BCUT2D eigenvalue weighted by Crippen LogP contribution is -2.35. The second-order valence-electron chi connectivity index (χ2n) is 7.51. The van der Waals surface area contributed by atoms with Gasteiger partial charge in [0.1, 0.15) is 0 Å². The number of hydrogen-bond acceptors (Lipinski definition) is 5. The monoisotopic (exact) mass is 425 g/mol.